The molecule has 1 aromatic rings. The lowest BCUT2D eigenvalue weighted by Gasteiger charge is -2.01. The van der Waals surface area contributed by atoms with Crippen molar-refractivity contribution in [3.05, 3.63) is 34.0 Å². The van der Waals surface area contributed by atoms with E-state index < -0.39 is 5.09 Å². The summed E-state index contributed by atoms with van der Waals surface area (Å²) in [5, 5.41) is 14.8. The van der Waals surface area contributed by atoms with Crippen molar-refractivity contribution in [1.29, 1.82) is 0 Å². The number of imidazole rings is 1. The minimum absolute atomic E-state index is 1.18. The van der Waals surface area contributed by atoms with E-state index in [0.717, 1.165) is 0 Å². The Bertz CT molecular complexity index is 376. The zero-order valence-electron chi connectivity index (χ0n) is 14.1. The molecule has 0 amide bonds. The first-order valence-corrected chi connectivity index (χ1v) is 8.38. The largest absolute Gasteiger partial charge is 0.356 e. The molecule has 1 rings (SSSR count). The lowest BCUT2D eigenvalue weighted by Crippen LogP contribution is -2.23. The van der Waals surface area contributed by atoms with Gasteiger partial charge in [0.2, 0.25) is 6.33 Å². The fourth-order valence-electron chi connectivity index (χ4n) is 2.42. The second-order valence-electron chi connectivity index (χ2n) is 5.72. The standard InChI is InChI=1S/C16H31N2.NO3/c1-3-4-5-6-7-8-9-10-11-12-13-18-15-14-17(2)16-18;2-1(3)4/h14-16H,3-13H2,1-2H3;/q+1;-1. The fraction of sp³-hybridized carbons (Fsp3) is 0.812. The Morgan fingerprint density at radius 1 is 0.955 bits per heavy atom. The van der Waals surface area contributed by atoms with Crippen LogP contribution in [0.3, 0.4) is 0 Å². The molecule has 22 heavy (non-hydrogen) atoms. The predicted octanol–water partition coefficient (Wildman–Crippen LogP) is 3.99. The molecule has 0 aromatic carbocycles. The summed E-state index contributed by atoms with van der Waals surface area (Å²) in [6.45, 7) is 3.46. The number of aryl methyl sites for hydroxylation is 2. The molecule has 1 aromatic heterocycles. The second kappa shape index (κ2) is 14.4. The molecule has 0 aliphatic carbocycles. The summed E-state index contributed by atoms with van der Waals surface area (Å²) in [5.74, 6) is 0. The van der Waals surface area contributed by atoms with Gasteiger partial charge in [-0.05, 0) is 12.8 Å². The molecule has 0 radical (unpaired) electrons. The van der Waals surface area contributed by atoms with E-state index in [1.807, 2.05) is 0 Å². The summed E-state index contributed by atoms with van der Waals surface area (Å²) in [7, 11) is 2.08. The van der Waals surface area contributed by atoms with Crippen LogP contribution in [0.15, 0.2) is 18.7 Å². The van der Waals surface area contributed by atoms with Gasteiger partial charge in [-0.25, -0.2) is 9.13 Å². The molecule has 0 aliphatic rings. The summed E-state index contributed by atoms with van der Waals surface area (Å²) in [6, 6.07) is 0. The van der Waals surface area contributed by atoms with Gasteiger partial charge < -0.3 is 15.3 Å². The van der Waals surface area contributed by atoms with Gasteiger partial charge in [-0.15, -0.1) is 0 Å². The van der Waals surface area contributed by atoms with E-state index in [-0.39, 0.29) is 0 Å². The summed E-state index contributed by atoms with van der Waals surface area (Å²) < 4.78 is 4.39. The van der Waals surface area contributed by atoms with Crippen molar-refractivity contribution in [1.82, 2.24) is 4.57 Å². The Morgan fingerprint density at radius 2 is 1.41 bits per heavy atom. The van der Waals surface area contributed by atoms with Gasteiger partial charge in [0.15, 0.2) is 0 Å². The first-order valence-electron chi connectivity index (χ1n) is 8.38. The van der Waals surface area contributed by atoms with E-state index >= 15 is 0 Å². The zero-order chi connectivity index (χ0) is 16.6. The smallest absolute Gasteiger partial charge is 0.243 e. The van der Waals surface area contributed by atoms with Crippen molar-refractivity contribution in [2.45, 2.75) is 77.7 Å². The average molecular weight is 313 g/mol. The van der Waals surface area contributed by atoms with Gasteiger partial charge in [-0.3, -0.25) is 0 Å². The Balaban J connectivity index is 0.000000980. The highest BCUT2D eigenvalue weighted by Crippen LogP contribution is 2.10. The van der Waals surface area contributed by atoms with Crippen molar-refractivity contribution in [3.8, 4) is 0 Å². The number of nitrogens with zero attached hydrogens (tertiary/aromatic N) is 3. The average Bonchev–Trinajstić information content (AvgIpc) is 2.86. The van der Waals surface area contributed by atoms with Gasteiger partial charge in [-0.2, -0.15) is 0 Å². The van der Waals surface area contributed by atoms with E-state index in [0.29, 0.717) is 0 Å². The molecule has 0 bridgehead atoms. The topological polar surface area (TPSA) is 75.0 Å². The molecule has 6 nitrogen and oxygen atoms in total. The van der Waals surface area contributed by atoms with E-state index in [4.69, 9.17) is 15.3 Å². The molecule has 0 saturated heterocycles. The van der Waals surface area contributed by atoms with Crippen molar-refractivity contribution in [2.75, 3.05) is 0 Å². The number of rotatable bonds is 11. The van der Waals surface area contributed by atoms with Crippen LogP contribution in [0.25, 0.3) is 0 Å². The first-order chi connectivity index (χ1) is 10.6. The van der Waals surface area contributed by atoms with Crippen LogP contribution >= 0.6 is 0 Å². The van der Waals surface area contributed by atoms with Crippen LogP contribution in [-0.4, -0.2) is 9.65 Å². The molecule has 0 aliphatic heterocycles. The van der Waals surface area contributed by atoms with Crippen molar-refractivity contribution >= 4 is 0 Å². The minimum atomic E-state index is -1.75. The third kappa shape index (κ3) is 14.8. The van der Waals surface area contributed by atoms with Crippen LogP contribution in [0, 0.1) is 15.3 Å². The molecule has 6 heteroatoms. The number of aromatic nitrogens is 2. The van der Waals surface area contributed by atoms with Crippen LogP contribution < -0.4 is 4.57 Å². The Kier molecular flexibility index (Phi) is 13.3. The lowest BCUT2D eigenvalue weighted by molar-refractivity contribution is -0.671. The highest BCUT2D eigenvalue weighted by molar-refractivity contribution is 4.65. The maximum absolute atomic E-state index is 8.25. The number of hydrogen-bond donors (Lipinski definition) is 0. The molecule has 0 saturated carbocycles. The second-order valence-corrected chi connectivity index (χ2v) is 5.72. The Labute approximate surface area is 133 Å². The van der Waals surface area contributed by atoms with E-state index in [9.17, 15) is 0 Å². The van der Waals surface area contributed by atoms with E-state index in [1.54, 1.807) is 0 Å². The molecular weight excluding hydrogens is 282 g/mol. The van der Waals surface area contributed by atoms with Crippen LogP contribution in [0.1, 0.15) is 71.1 Å². The number of unbranched alkanes of at least 4 members (excludes halogenated alkanes) is 9. The fourth-order valence-corrected chi connectivity index (χ4v) is 2.42. The molecule has 0 unspecified atom stereocenters. The lowest BCUT2D eigenvalue weighted by atomic mass is 10.1. The summed E-state index contributed by atoms with van der Waals surface area (Å²) >= 11 is 0. The van der Waals surface area contributed by atoms with Gasteiger partial charge in [0.1, 0.15) is 12.4 Å². The Hall–Kier alpha value is -1.59. The third-order valence-corrected chi connectivity index (χ3v) is 3.59. The Morgan fingerprint density at radius 3 is 1.82 bits per heavy atom. The molecule has 128 valence electrons. The molecular formula is C16H31N3O3. The maximum Gasteiger partial charge on any atom is 0.243 e. The summed E-state index contributed by atoms with van der Waals surface area (Å²) in [6.07, 6.45) is 20.6. The highest BCUT2D eigenvalue weighted by atomic mass is 16.9. The van der Waals surface area contributed by atoms with Crippen molar-refractivity contribution < 1.29 is 9.65 Å². The van der Waals surface area contributed by atoms with Gasteiger partial charge in [0, 0.05) is 0 Å². The molecule has 0 atom stereocenters. The van der Waals surface area contributed by atoms with Crippen LogP contribution in [0.2, 0.25) is 0 Å². The van der Waals surface area contributed by atoms with Gasteiger partial charge in [0.25, 0.3) is 0 Å². The highest BCUT2D eigenvalue weighted by Gasteiger charge is 1.99. The van der Waals surface area contributed by atoms with Gasteiger partial charge in [0.05, 0.1) is 18.7 Å². The quantitative estimate of drug-likeness (QED) is 0.268. The molecule has 0 N–H and O–H groups in total. The first kappa shape index (κ1) is 20.4. The molecule has 0 spiro atoms. The van der Waals surface area contributed by atoms with Crippen LogP contribution in [0.4, 0.5) is 0 Å². The summed E-state index contributed by atoms with van der Waals surface area (Å²) in [5.41, 5.74) is 0. The van der Waals surface area contributed by atoms with Crippen LogP contribution in [-0.2, 0) is 13.6 Å². The zero-order valence-corrected chi connectivity index (χ0v) is 14.1. The van der Waals surface area contributed by atoms with Crippen LogP contribution in [0.5, 0.6) is 0 Å². The normalized spacial score (nSPS) is 10.1. The predicted molar refractivity (Wildman–Crippen MR) is 87.8 cm³/mol. The van der Waals surface area contributed by atoms with Gasteiger partial charge in [-0.1, -0.05) is 58.3 Å². The SMILES string of the molecule is CCCCCCCCCCCCn1cc[n+](C)c1.O=[N+]([O-])[O-]. The summed E-state index contributed by atoms with van der Waals surface area (Å²) in [4.78, 5) is 8.25. The monoisotopic (exact) mass is 313 g/mol. The van der Waals surface area contributed by atoms with Crippen molar-refractivity contribution in [3.63, 3.8) is 0 Å². The van der Waals surface area contributed by atoms with E-state index in [1.165, 1.54) is 70.8 Å². The third-order valence-electron chi connectivity index (χ3n) is 3.59. The van der Waals surface area contributed by atoms with Crippen molar-refractivity contribution in [2.24, 2.45) is 7.05 Å². The molecule has 0 fully saturated rings. The van der Waals surface area contributed by atoms with E-state index in [2.05, 4.69) is 41.8 Å². The molecule has 1 heterocycles. The number of hydrogen-bond acceptors (Lipinski definition) is 3. The minimum Gasteiger partial charge on any atom is -0.356 e. The maximum atomic E-state index is 8.25. The van der Waals surface area contributed by atoms with Gasteiger partial charge >= 0.3 is 0 Å².